The van der Waals surface area contributed by atoms with Crippen LogP contribution in [0.1, 0.15) is 46.6 Å². The summed E-state index contributed by atoms with van der Waals surface area (Å²) < 4.78 is 16.2. The lowest BCUT2D eigenvalue weighted by atomic mass is 10.1. The van der Waals surface area contributed by atoms with Gasteiger partial charge in [0.15, 0.2) is 17.5 Å². The monoisotopic (exact) mass is 521 g/mol. The molecule has 0 radical (unpaired) electrons. The van der Waals surface area contributed by atoms with Crippen LogP contribution >= 0.6 is 24.0 Å². The summed E-state index contributed by atoms with van der Waals surface area (Å²) in [6, 6.07) is 5.99. The van der Waals surface area contributed by atoms with Crippen LogP contribution in [-0.4, -0.2) is 50.9 Å². The number of hydrogen-bond donors (Lipinski definition) is 2. The molecular formula is C21H36IN3O4. The van der Waals surface area contributed by atoms with E-state index in [0.29, 0.717) is 12.6 Å². The number of nitrogens with one attached hydrogen (secondary N) is 2. The number of carbonyl (C=O) groups is 1. The molecule has 0 aliphatic heterocycles. The van der Waals surface area contributed by atoms with E-state index in [-0.39, 0.29) is 36.5 Å². The molecule has 2 N–H and O–H groups in total. The quantitative estimate of drug-likeness (QED) is 0.161. The number of halogens is 1. The molecule has 0 aliphatic rings. The first-order chi connectivity index (χ1) is 13.3. The number of nitrogens with zero attached hydrogens (tertiary/aromatic N) is 1. The van der Waals surface area contributed by atoms with Crippen molar-refractivity contribution in [3.05, 3.63) is 23.8 Å². The third kappa shape index (κ3) is 11.8. The van der Waals surface area contributed by atoms with Gasteiger partial charge in [0.2, 0.25) is 0 Å². The standard InChI is InChI=1S/C21H35N3O4.HI/c1-7-22-20(24-15-19(25)28-21(3,4)5)23-13-9-10-16-11-12-17(26-6)18(14-16)27-8-2;/h11-12,14H,7-10,13,15H2,1-6H3,(H2,22,23,24);1H. The van der Waals surface area contributed by atoms with Gasteiger partial charge in [-0.3, -0.25) is 4.79 Å². The van der Waals surface area contributed by atoms with Gasteiger partial charge in [-0.2, -0.15) is 0 Å². The van der Waals surface area contributed by atoms with Crippen molar-refractivity contribution >= 4 is 35.9 Å². The molecule has 0 fully saturated rings. The van der Waals surface area contributed by atoms with Crippen molar-refractivity contribution in [1.29, 1.82) is 0 Å². The van der Waals surface area contributed by atoms with Crippen molar-refractivity contribution in [3.8, 4) is 11.5 Å². The summed E-state index contributed by atoms with van der Waals surface area (Å²) in [4.78, 5) is 16.1. The van der Waals surface area contributed by atoms with Gasteiger partial charge < -0.3 is 24.8 Å². The fourth-order valence-electron chi connectivity index (χ4n) is 2.50. The third-order valence-electron chi connectivity index (χ3n) is 3.59. The van der Waals surface area contributed by atoms with Gasteiger partial charge in [-0.15, -0.1) is 24.0 Å². The molecular weight excluding hydrogens is 485 g/mol. The lowest BCUT2D eigenvalue weighted by Crippen LogP contribution is -2.38. The molecule has 0 amide bonds. The van der Waals surface area contributed by atoms with Gasteiger partial charge in [0.05, 0.1) is 13.7 Å². The van der Waals surface area contributed by atoms with Crippen LogP contribution in [-0.2, 0) is 16.0 Å². The second kappa shape index (κ2) is 14.3. The second-order valence-electron chi connectivity index (χ2n) is 7.23. The number of carbonyl (C=O) groups excluding carboxylic acids is 1. The average molecular weight is 521 g/mol. The molecule has 1 aromatic rings. The highest BCUT2D eigenvalue weighted by Gasteiger charge is 2.15. The number of methoxy groups -OCH3 is 1. The van der Waals surface area contributed by atoms with Gasteiger partial charge in [-0.1, -0.05) is 6.07 Å². The van der Waals surface area contributed by atoms with Crippen molar-refractivity contribution in [3.63, 3.8) is 0 Å². The minimum Gasteiger partial charge on any atom is -0.493 e. The molecule has 8 heteroatoms. The number of hydrogen-bond acceptors (Lipinski definition) is 5. The fraction of sp³-hybridized carbons (Fsp3) is 0.619. The van der Waals surface area contributed by atoms with Crippen molar-refractivity contribution in [2.45, 2.75) is 53.1 Å². The zero-order chi connectivity index (χ0) is 21.0. The Bertz CT molecular complexity index is 645. The molecule has 0 saturated carbocycles. The number of esters is 1. The van der Waals surface area contributed by atoms with Gasteiger partial charge in [-0.25, -0.2) is 4.99 Å². The largest absolute Gasteiger partial charge is 0.493 e. The molecule has 29 heavy (non-hydrogen) atoms. The predicted octanol–water partition coefficient (Wildman–Crippen LogP) is 3.54. The Morgan fingerprint density at radius 3 is 2.45 bits per heavy atom. The van der Waals surface area contributed by atoms with Crippen LogP contribution < -0.4 is 20.1 Å². The number of benzene rings is 1. The minimum absolute atomic E-state index is 0. The highest BCUT2D eigenvalue weighted by Crippen LogP contribution is 2.28. The highest BCUT2D eigenvalue weighted by molar-refractivity contribution is 14.0. The Morgan fingerprint density at radius 1 is 1.14 bits per heavy atom. The van der Waals surface area contributed by atoms with E-state index in [9.17, 15) is 4.79 Å². The van der Waals surface area contributed by atoms with E-state index >= 15 is 0 Å². The lowest BCUT2D eigenvalue weighted by Gasteiger charge is -2.19. The maximum Gasteiger partial charge on any atom is 0.328 e. The Hall–Kier alpha value is -1.71. The summed E-state index contributed by atoms with van der Waals surface area (Å²) in [5.41, 5.74) is 0.679. The predicted molar refractivity (Wildman–Crippen MR) is 128 cm³/mol. The van der Waals surface area contributed by atoms with Crippen LogP contribution in [0.4, 0.5) is 0 Å². The Kier molecular flexibility index (Phi) is 13.5. The van der Waals surface area contributed by atoms with Gasteiger partial charge in [0.25, 0.3) is 0 Å². The van der Waals surface area contributed by atoms with Crippen LogP contribution in [0.2, 0.25) is 0 Å². The summed E-state index contributed by atoms with van der Waals surface area (Å²) in [5.74, 6) is 1.78. The van der Waals surface area contributed by atoms with Gasteiger partial charge in [0.1, 0.15) is 12.1 Å². The van der Waals surface area contributed by atoms with E-state index in [1.165, 1.54) is 5.56 Å². The molecule has 0 bridgehead atoms. The van der Waals surface area contributed by atoms with Crippen molar-refractivity contribution < 1.29 is 19.0 Å². The zero-order valence-electron chi connectivity index (χ0n) is 18.5. The number of rotatable bonds is 10. The first-order valence-electron chi connectivity index (χ1n) is 9.82. The molecule has 0 unspecified atom stereocenters. The molecule has 0 spiro atoms. The van der Waals surface area contributed by atoms with E-state index in [1.54, 1.807) is 7.11 Å². The Labute approximate surface area is 192 Å². The van der Waals surface area contributed by atoms with E-state index in [0.717, 1.165) is 37.4 Å². The molecule has 0 saturated heterocycles. The van der Waals surface area contributed by atoms with Crippen molar-refractivity contribution in [2.24, 2.45) is 4.99 Å². The number of aliphatic imine (C=N–C) groups is 1. The average Bonchev–Trinajstić information content (AvgIpc) is 2.62. The molecule has 7 nitrogen and oxygen atoms in total. The maximum absolute atomic E-state index is 11.8. The molecule has 166 valence electrons. The van der Waals surface area contributed by atoms with Crippen LogP contribution in [0.5, 0.6) is 11.5 Å². The molecule has 0 aromatic heterocycles. The van der Waals surface area contributed by atoms with Crippen molar-refractivity contribution in [1.82, 2.24) is 10.6 Å². The van der Waals surface area contributed by atoms with Gasteiger partial charge >= 0.3 is 5.97 Å². The third-order valence-corrected chi connectivity index (χ3v) is 3.59. The molecule has 0 atom stereocenters. The molecule has 1 aromatic carbocycles. The summed E-state index contributed by atoms with van der Waals surface area (Å²) >= 11 is 0. The van der Waals surface area contributed by atoms with Crippen LogP contribution in [0.25, 0.3) is 0 Å². The number of ether oxygens (including phenoxy) is 3. The normalized spacial score (nSPS) is 11.3. The molecule has 0 aliphatic carbocycles. The van der Waals surface area contributed by atoms with E-state index in [1.807, 2.05) is 52.8 Å². The summed E-state index contributed by atoms with van der Waals surface area (Å²) in [6.45, 7) is 11.5. The van der Waals surface area contributed by atoms with Crippen LogP contribution in [0.3, 0.4) is 0 Å². The van der Waals surface area contributed by atoms with E-state index in [4.69, 9.17) is 14.2 Å². The topological polar surface area (TPSA) is 81.2 Å². The Balaban J connectivity index is 0.00000784. The second-order valence-corrected chi connectivity index (χ2v) is 7.23. The molecule has 0 heterocycles. The smallest absolute Gasteiger partial charge is 0.328 e. The highest BCUT2D eigenvalue weighted by atomic mass is 127. The van der Waals surface area contributed by atoms with Crippen LogP contribution in [0.15, 0.2) is 23.2 Å². The number of aryl methyl sites for hydroxylation is 1. The maximum atomic E-state index is 11.8. The SMILES string of the molecule is CCNC(=NCC(=O)OC(C)(C)C)NCCCc1ccc(OC)c(OCC)c1.I. The first kappa shape index (κ1) is 27.3. The summed E-state index contributed by atoms with van der Waals surface area (Å²) in [7, 11) is 1.64. The fourth-order valence-corrected chi connectivity index (χ4v) is 2.50. The number of guanidine groups is 1. The van der Waals surface area contributed by atoms with E-state index < -0.39 is 5.60 Å². The summed E-state index contributed by atoms with van der Waals surface area (Å²) in [5, 5.41) is 6.38. The van der Waals surface area contributed by atoms with Crippen LogP contribution in [0, 0.1) is 0 Å². The zero-order valence-corrected chi connectivity index (χ0v) is 20.8. The molecule has 1 rings (SSSR count). The van der Waals surface area contributed by atoms with Crippen molar-refractivity contribution in [2.75, 3.05) is 33.4 Å². The minimum atomic E-state index is -0.503. The van der Waals surface area contributed by atoms with Gasteiger partial charge in [-0.05, 0) is 65.2 Å². The Morgan fingerprint density at radius 2 is 1.86 bits per heavy atom. The first-order valence-corrected chi connectivity index (χ1v) is 9.82. The summed E-state index contributed by atoms with van der Waals surface area (Å²) in [6.07, 6.45) is 1.80. The van der Waals surface area contributed by atoms with E-state index in [2.05, 4.69) is 15.6 Å². The van der Waals surface area contributed by atoms with Gasteiger partial charge in [0, 0.05) is 13.1 Å². The lowest BCUT2D eigenvalue weighted by molar-refractivity contribution is -0.152.